The van der Waals surface area contributed by atoms with Crippen LogP contribution in [0.2, 0.25) is 0 Å². The Morgan fingerprint density at radius 3 is 2.48 bits per heavy atom. The Morgan fingerprint density at radius 1 is 1.24 bits per heavy atom. The lowest BCUT2D eigenvalue weighted by Crippen LogP contribution is -2.33. The van der Waals surface area contributed by atoms with E-state index in [1.165, 1.54) is 12.1 Å². The van der Waals surface area contributed by atoms with Gasteiger partial charge in [0.15, 0.2) is 0 Å². The minimum atomic E-state index is -4.68. The van der Waals surface area contributed by atoms with Gasteiger partial charge in [-0.2, -0.15) is 0 Å². The van der Waals surface area contributed by atoms with Gasteiger partial charge in [0, 0.05) is 7.11 Å². The van der Waals surface area contributed by atoms with E-state index in [-0.39, 0.29) is 17.9 Å². The van der Waals surface area contributed by atoms with Gasteiger partial charge < -0.3 is 14.8 Å². The predicted molar refractivity (Wildman–Crippen MR) is 75.2 cm³/mol. The Labute approximate surface area is 123 Å². The molecule has 3 nitrogen and oxygen atoms in total. The van der Waals surface area contributed by atoms with Crippen LogP contribution in [0, 0.1) is 0 Å². The number of rotatable bonds is 8. The van der Waals surface area contributed by atoms with E-state index in [0.29, 0.717) is 0 Å². The molecule has 0 amide bonds. The van der Waals surface area contributed by atoms with Crippen LogP contribution in [0.1, 0.15) is 38.3 Å². The lowest BCUT2D eigenvalue weighted by Gasteiger charge is -2.27. The highest BCUT2D eigenvalue weighted by Crippen LogP contribution is 2.28. The van der Waals surface area contributed by atoms with E-state index >= 15 is 0 Å². The highest BCUT2D eigenvalue weighted by Gasteiger charge is 2.31. The van der Waals surface area contributed by atoms with Crippen LogP contribution in [-0.4, -0.2) is 26.1 Å². The lowest BCUT2D eigenvalue weighted by atomic mass is 9.99. The van der Waals surface area contributed by atoms with Crippen LogP contribution < -0.4 is 10.1 Å². The maximum absolute atomic E-state index is 12.3. The van der Waals surface area contributed by atoms with Crippen molar-refractivity contribution in [3.05, 3.63) is 29.8 Å². The SMILES string of the molecule is CCCNC(c1cccc(OC(F)(F)F)c1)C(CC)OC. The predicted octanol–water partition coefficient (Wildman–Crippen LogP) is 4.05. The fourth-order valence-corrected chi connectivity index (χ4v) is 2.21. The van der Waals surface area contributed by atoms with E-state index in [0.717, 1.165) is 24.9 Å². The molecule has 2 unspecified atom stereocenters. The fraction of sp³-hybridized carbons (Fsp3) is 0.600. The molecular weight excluding hydrogens is 283 g/mol. The summed E-state index contributed by atoms with van der Waals surface area (Å²) in [6, 6.07) is 5.86. The van der Waals surface area contributed by atoms with Gasteiger partial charge in [-0.3, -0.25) is 0 Å². The van der Waals surface area contributed by atoms with Crippen LogP contribution >= 0.6 is 0 Å². The highest BCUT2D eigenvalue weighted by molar-refractivity contribution is 5.31. The summed E-state index contributed by atoms with van der Waals surface area (Å²) in [6.45, 7) is 4.76. The second-order valence-corrected chi connectivity index (χ2v) is 4.73. The van der Waals surface area contributed by atoms with Crippen molar-refractivity contribution >= 4 is 0 Å². The van der Waals surface area contributed by atoms with Crippen molar-refractivity contribution in [3.63, 3.8) is 0 Å². The molecule has 0 bridgehead atoms. The molecule has 0 saturated carbocycles. The summed E-state index contributed by atoms with van der Waals surface area (Å²) in [5.74, 6) is -0.214. The summed E-state index contributed by atoms with van der Waals surface area (Å²) in [4.78, 5) is 0. The van der Waals surface area contributed by atoms with Gasteiger partial charge in [-0.25, -0.2) is 0 Å². The number of hydrogen-bond donors (Lipinski definition) is 1. The number of methoxy groups -OCH3 is 1. The zero-order chi connectivity index (χ0) is 15.9. The van der Waals surface area contributed by atoms with Crippen LogP contribution in [0.3, 0.4) is 0 Å². The Kier molecular flexibility index (Phi) is 6.98. The van der Waals surface area contributed by atoms with Crippen LogP contribution in [-0.2, 0) is 4.74 Å². The van der Waals surface area contributed by atoms with Crippen LogP contribution in [0.5, 0.6) is 5.75 Å². The molecule has 6 heteroatoms. The zero-order valence-electron chi connectivity index (χ0n) is 12.5. The molecule has 0 aliphatic carbocycles. The molecule has 0 heterocycles. The number of halogens is 3. The Bertz CT molecular complexity index is 420. The smallest absolute Gasteiger partial charge is 0.406 e. The number of benzene rings is 1. The van der Waals surface area contributed by atoms with Gasteiger partial charge in [-0.05, 0) is 37.1 Å². The molecule has 120 valence electrons. The molecule has 2 atom stereocenters. The molecule has 0 aliphatic heterocycles. The third-order valence-corrected chi connectivity index (χ3v) is 3.14. The van der Waals surface area contributed by atoms with Gasteiger partial charge in [0.2, 0.25) is 0 Å². The standard InChI is InChI=1S/C15H22F3NO2/c1-4-9-19-14(13(5-2)20-3)11-7-6-8-12(10-11)21-15(16,17)18/h6-8,10,13-14,19H,4-5,9H2,1-3H3. The van der Waals surface area contributed by atoms with Crippen molar-refractivity contribution < 1.29 is 22.6 Å². The van der Waals surface area contributed by atoms with Gasteiger partial charge in [-0.1, -0.05) is 26.0 Å². The summed E-state index contributed by atoms with van der Waals surface area (Å²) < 4.78 is 46.3. The normalized spacial score (nSPS) is 14.8. The number of alkyl halides is 3. The van der Waals surface area contributed by atoms with Gasteiger partial charge >= 0.3 is 6.36 Å². The van der Waals surface area contributed by atoms with E-state index in [9.17, 15) is 13.2 Å². The van der Waals surface area contributed by atoms with Gasteiger partial charge in [0.1, 0.15) is 5.75 Å². The minimum absolute atomic E-state index is 0.113. The summed E-state index contributed by atoms with van der Waals surface area (Å²) >= 11 is 0. The van der Waals surface area contributed by atoms with E-state index in [1.807, 2.05) is 13.8 Å². The molecule has 1 rings (SSSR count). The first-order chi connectivity index (χ1) is 9.91. The Morgan fingerprint density at radius 2 is 1.95 bits per heavy atom. The first-order valence-corrected chi connectivity index (χ1v) is 7.03. The van der Waals surface area contributed by atoms with Crippen molar-refractivity contribution in [2.45, 2.75) is 45.2 Å². The van der Waals surface area contributed by atoms with Crippen LogP contribution in [0.15, 0.2) is 24.3 Å². The number of ether oxygens (including phenoxy) is 2. The molecule has 0 saturated heterocycles. The second-order valence-electron chi connectivity index (χ2n) is 4.73. The third-order valence-electron chi connectivity index (χ3n) is 3.14. The van der Waals surface area contributed by atoms with E-state index in [2.05, 4.69) is 10.1 Å². The zero-order valence-corrected chi connectivity index (χ0v) is 12.5. The van der Waals surface area contributed by atoms with Crippen LogP contribution in [0.4, 0.5) is 13.2 Å². The molecule has 0 aromatic heterocycles. The summed E-state index contributed by atoms with van der Waals surface area (Å²) in [5, 5.41) is 3.32. The molecule has 0 spiro atoms. The van der Waals surface area contributed by atoms with Gasteiger partial charge in [0.05, 0.1) is 12.1 Å². The largest absolute Gasteiger partial charge is 0.573 e. The molecule has 0 fully saturated rings. The van der Waals surface area contributed by atoms with E-state index < -0.39 is 6.36 Å². The first-order valence-electron chi connectivity index (χ1n) is 7.03. The van der Waals surface area contributed by atoms with Gasteiger partial charge in [-0.15, -0.1) is 13.2 Å². The quantitative estimate of drug-likeness (QED) is 0.786. The van der Waals surface area contributed by atoms with Crippen molar-refractivity contribution in [2.75, 3.05) is 13.7 Å². The number of nitrogens with one attached hydrogen (secondary N) is 1. The number of hydrogen-bond acceptors (Lipinski definition) is 3. The molecular formula is C15H22F3NO2. The van der Waals surface area contributed by atoms with Crippen molar-refractivity contribution in [2.24, 2.45) is 0 Å². The molecule has 0 radical (unpaired) electrons. The highest BCUT2D eigenvalue weighted by atomic mass is 19.4. The summed E-state index contributed by atoms with van der Waals surface area (Å²) in [6.07, 6.45) is -3.12. The van der Waals surface area contributed by atoms with Gasteiger partial charge in [0.25, 0.3) is 0 Å². The average molecular weight is 305 g/mol. The molecule has 21 heavy (non-hydrogen) atoms. The monoisotopic (exact) mass is 305 g/mol. The van der Waals surface area contributed by atoms with Crippen molar-refractivity contribution in [1.29, 1.82) is 0 Å². The van der Waals surface area contributed by atoms with Crippen molar-refractivity contribution in [3.8, 4) is 5.75 Å². The first kappa shape index (κ1) is 17.8. The van der Waals surface area contributed by atoms with E-state index in [4.69, 9.17) is 4.74 Å². The third kappa shape index (κ3) is 5.93. The Balaban J connectivity index is 2.98. The minimum Gasteiger partial charge on any atom is -0.406 e. The summed E-state index contributed by atoms with van der Waals surface area (Å²) in [7, 11) is 1.60. The maximum atomic E-state index is 12.3. The maximum Gasteiger partial charge on any atom is 0.573 e. The Hall–Kier alpha value is -1.27. The van der Waals surface area contributed by atoms with Crippen LogP contribution in [0.25, 0.3) is 0 Å². The molecule has 0 aliphatic rings. The molecule has 1 N–H and O–H groups in total. The van der Waals surface area contributed by atoms with Crippen molar-refractivity contribution in [1.82, 2.24) is 5.32 Å². The fourth-order valence-electron chi connectivity index (χ4n) is 2.21. The van der Waals surface area contributed by atoms with E-state index in [1.54, 1.807) is 19.2 Å². The second kappa shape index (κ2) is 8.24. The topological polar surface area (TPSA) is 30.5 Å². The molecule has 1 aromatic rings. The lowest BCUT2D eigenvalue weighted by molar-refractivity contribution is -0.274. The summed E-state index contributed by atoms with van der Waals surface area (Å²) in [5.41, 5.74) is 0.721. The molecule has 1 aromatic carbocycles. The average Bonchev–Trinajstić information content (AvgIpc) is 2.42.